The molecule has 3 aromatic rings. The molecule has 1 aliphatic rings. The van der Waals surface area contributed by atoms with Crippen molar-refractivity contribution >= 4 is 11.0 Å². The largest absolute Gasteiger partial charge is 0.346 e. The lowest BCUT2D eigenvalue weighted by Gasteiger charge is -2.33. The van der Waals surface area contributed by atoms with Crippen molar-refractivity contribution in [2.45, 2.75) is 32.7 Å². The Morgan fingerprint density at radius 3 is 3.00 bits per heavy atom. The van der Waals surface area contributed by atoms with E-state index in [0.717, 1.165) is 41.8 Å². The molecule has 3 aromatic heterocycles. The average Bonchev–Trinajstić information content (AvgIpc) is 3.28. The molecule has 1 saturated heterocycles. The molecule has 24 heavy (non-hydrogen) atoms. The van der Waals surface area contributed by atoms with Crippen LogP contribution in [0.25, 0.3) is 22.3 Å². The molecule has 0 radical (unpaired) electrons. The van der Waals surface area contributed by atoms with Gasteiger partial charge in [0.25, 0.3) is 0 Å². The molecule has 2 unspecified atom stereocenters. The summed E-state index contributed by atoms with van der Waals surface area (Å²) in [6.45, 7) is 6.93. The van der Waals surface area contributed by atoms with Crippen LogP contribution < -0.4 is 0 Å². The molecule has 0 aromatic carbocycles. The highest BCUT2D eigenvalue weighted by Gasteiger charge is 2.40. The summed E-state index contributed by atoms with van der Waals surface area (Å²) in [5, 5.41) is 5.74. The summed E-state index contributed by atoms with van der Waals surface area (Å²) >= 11 is 0. The van der Waals surface area contributed by atoms with Crippen LogP contribution in [0.2, 0.25) is 0 Å². The second-order valence-electron chi connectivity index (χ2n) is 7.24. The maximum Gasteiger partial charge on any atom is 0.141 e. The summed E-state index contributed by atoms with van der Waals surface area (Å²) in [4.78, 5) is 14.3. The zero-order valence-electron chi connectivity index (χ0n) is 14.5. The number of aromatic nitrogens is 5. The van der Waals surface area contributed by atoms with Crippen molar-refractivity contribution in [3.05, 3.63) is 31.0 Å². The van der Waals surface area contributed by atoms with E-state index in [0.29, 0.717) is 6.04 Å². The van der Waals surface area contributed by atoms with Crippen molar-refractivity contribution in [2.75, 3.05) is 20.1 Å². The molecule has 0 saturated carbocycles. The maximum absolute atomic E-state index is 4.70. The van der Waals surface area contributed by atoms with Crippen LogP contribution in [0.5, 0.6) is 0 Å². The average molecular weight is 324 g/mol. The van der Waals surface area contributed by atoms with Gasteiger partial charge in [0.2, 0.25) is 0 Å². The monoisotopic (exact) mass is 324 g/mol. The number of hydrogen-bond acceptors (Lipinski definition) is 4. The van der Waals surface area contributed by atoms with Gasteiger partial charge in [-0.05, 0) is 32.5 Å². The topological polar surface area (TPSA) is 62.6 Å². The van der Waals surface area contributed by atoms with E-state index < -0.39 is 0 Å². The SMILES string of the molecule is CCC(n1cc(-c2ncnc3[nH]ccc23)cn1)C1(C)CCN(C)C1. The molecule has 4 heterocycles. The van der Waals surface area contributed by atoms with Gasteiger partial charge in [-0.25, -0.2) is 9.97 Å². The molecule has 6 heteroatoms. The van der Waals surface area contributed by atoms with E-state index in [2.05, 4.69) is 51.6 Å². The fourth-order valence-corrected chi connectivity index (χ4v) is 4.23. The fourth-order valence-electron chi connectivity index (χ4n) is 4.23. The Balaban J connectivity index is 1.70. The zero-order chi connectivity index (χ0) is 16.7. The predicted octanol–water partition coefficient (Wildman–Crippen LogP) is 3.11. The first kappa shape index (κ1) is 15.3. The van der Waals surface area contributed by atoms with E-state index in [1.54, 1.807) is 6.33 Å². The maximum atomic E-state index is 4.70. The fraction of sp³-hybridized carbons (Fsp3) is 0.500. The molecule has 0 amide bonds. The Morgan fingerprint density at radius 2 is 2.25 bits per heavy atom. The minimum Gasteiger partial charge on any atom is -0.346 e. The minimum atomic E-state index is 0.266. The Labute approximate surface area is 141 Å². The molecule has 1 aliphatic heterocycles. The van der Waals surface area contributed by atoms with Crippen LogP contribution in [0.1, 0.15) is 32.7 Å². The highest BCUT2D eigenvalue weighted by atomic mass is 15.3. The Morgan fingerprint density at radius 1 is 1.38 bits per heavy atom. The third-order valence-corrected chi connectivity index (χ3v) is 5.44. The molecule has 2 atom stereocenters. The van der Waals surface area contributed by atoms with Gasteiger partial charge in [0, 0.05) is 35.3 Å². The number of hydrogen-bond donors (Lipinski definition) is 1. The van der Waals surface area contributed by atoms with Gasteiger partial charge in [0.15, 0.2) is 0 Å². The Kier molecular flexibility index (Phi) is 3.64. The molecule has 1 fully saturated rings. The van der Waals surface area contributed by atoms with Crippen molar-refractivity contribution in [3.8, 4) is 11.3 Å². The van der Waals surface area contributed by atoms with Gasteiger partial charge in [0.05, 0.1) is 17.9 Å². The molecular formula is C18H24N6. The summed E-state index contributed by atoms with van der Waals surface area (Å²) in [6, 6.07) is 2.42. The van der Waals surface area contributed by atoms with Crippen LogP contribution >= 0.6 is 0 Å². The van der Waals surface area contributed by atoms with E-state index >= 15 is 0 Å². The highest BCUT2D eigenvalue weighted by molar-refractivity contribution is 5.89. The van der Waals surface area contributed by atoms with Crippen LogP contribution in [0, 0.1) is 5.41 Å². The standard InChI is InChI=1S/C18H24N6/c1-4-15(18(2)6-8-23(3)11-18)24-10-13(9-22-24)16-14-5-7-19-17(14)21-12-20-16/h5,7,9-10,12,15H,4,6,8,11H2,1-3H3,(H,19,20,21). The van der Waals surface area contributed by atoms with Gasteiger partial charge in [-0.1, -0.05) is 13.8 Å². The lowest BCUT2D eigenvalue weighted by molar-refractivity contribution is 0.176. The van der Waals surface area contributed by atoms with E-state index in [1.807, 2.05) is 18.5 Å². The summed E-state index contributed by atoms with van der Waals surface area (Å²) in [7, 11) is 2.20. The predicted molar refractivity (Wildman–Crippen MR) is 94.7 cm³/mol. The van der Waals surface area contributed by atoms with E-state index in [9.17, 15) is 0 Å². The van der Waals surface area contributed by atoms with E-state index in [1.165, 1.54) is 6.42 Å². The quantitative estimate of drug-likeness (QED) is 0.801. The number of nitrogens with one attached hydrogen (secondary N) is 1. The lowest BCUT2D eigenvalue weighted by Crippen LogP contribution is -2.32. The van der Waals surface area contributed by atoms with E-state index in [-0.39, 0.29) is 5.41 Å². The van der Waals surface area contributed by atoms with Crippen LogP contribution in [-0.4, -0.2) is 49.8 Å². The number of likely N-dealkylation sites (tertiary alicyclic amines) is 1. The van der Waals surface area contributed by atoms with Gasteiger partial charge in [0.1, 0.15) is 12.0 Å². The molecule has 6 nitrogen and oxygen atoms in total. The molecule has 1 N–H and O–H groups in total. The first-order chi connectivity index (χ1) is 11.6. The van der Waals surface area contributed by atoms with Crippen LogP contribution in [0.4, 0.5) is 0 Å². The summed E-state index contributed by atoms with van der Waals surface area (Å²) < 4.78 is 2.15. The van der Waals surface area contributed by atoms with Crippen molar-refractivity contribution in [1.29, 1.82) is 0 Å². The summed E-state index contributed by atoms with van der Waals surface area (Å²) in [5.41, 5.74) is 3.12. The smallest absolute Gasteiger partial charge is 0.141 e. The van der Waals surface area contributed by atoms with Crippen LogP contribution in [0.3, 0.4) is 0 Å². The molecule has 0 spiro atoms. The zero-order valence-corrected chi connectivity index (χ0v) is 14.5. The number of aromatic amines is 1. The molecule has 126 valence electrons. The van der Waals surface area contributed by atoms with Gasteiger partial charge in [-0.2, -0.15) is 5.10 Å². The number of fused-ring (bicyclic) bond motifs is 1. The van der Waals surface area contributed by atoms with Gasteiger partial charge in [-0.3, -0.25) is 4.68 Å². The number of rotatable bonds is 4. The highest BCUT2D eigenvalue weighted by Crippen LogP contribution is 2.42. The van der Waals surface area contributed by atoms with Crippen molar-refractivity contribution in [1.82, 2.24) is 29.6 Å². The Hall–Kier alpha value is -2.21. The van der Waals surface area contributed by atoms with Crippen molar-refractivity contribution in [3.63, 3.8) is 0 Å². The Bertz CT molecular complexity index is 850. The third kappa shape index (κ3) is 2.41. The second-order valence-corrected chi connectivity index (χ2v) is 7.24. The molecule has 0 bridgehead atoms. The second kappa shape index (κ2) is 5.70. The van der Waals surface area contributed by atoms with Gasteiger partial charge < -0.3 is 9.88 Å². The molecule has 4 rings (SSSR count). The summed E-state index contributed by atoms with van der Waals surface area (Å²) in [6.07, 6.45) is 9.88. The number of nitrogens with zero attached hydrogens (tertiary/aromatic N) is 5. The number of H-pyrrole nitrogens is 1. The first-order valence-corrected chi connectivity index (χ1v) is 8.62. The first-order valence-electron chi connectivity index (χ1n) is 8.62. The van der Waals surface area contributed by atoms with Crippen LogP contribution in [0.15, 0.2) is 31.0 Å². The normalized spacial score (nSPS) is 23.1. The summed E-state index contributed by atoms with van der Waals surface area (Å²) in [5.74, 6) is 0. The van der Waals surface area contributed by atoms with E-state index in [4.69, 9.17) is 5.10 Å². The lowest BCUT2D eigenvalue weighted by atomic mass is 9.80. The van der Waals surface area contributed by atoms with Gasteiger partial charge in [-0.15, -0.1) is 0 Å². The minimum absolute atomic E-state index is 0.266. The molecule has 0 aliphatic carbocycles. The van der Waals surface area contributed by atoms with Gasteiger partial charge >= 0.3 is 0 Å². The third-order valence-electron chi connectivity index (χ3n) is 5.44. The van der Waals surface area contributed by atoms with Crippen molar-refractivity contribution in [2.24, 2.45) is 5.41 Å². The van der Waals surface area contributed by atoms with Crippen LogP contribution in [-0.2, 0) is 0 Å². The molecular weight excluding hydrogens is 300 g/mol. The van der Waals surface area contributed by atoms with Crippen molar-refractivity contribution < 1.29 is 0 Å².